The average molecular weight is 217 g/mol. The van der Waals surface area contributed by atoms with Gasteiger partial charge in [0.2, 0.25) is 0 Å². The number of rotatable bonds is 0. The molecule has 3 rings (SSSR count). The fraction of sp³-hybridized carbons (Fsp3) is 0.643. The van der Waals surface area contributed by atoms with Crippen molar-refractivity contribution < 1.29 is 5.11 Å². The van der Waals surface area contributed by atoms with Gasteiger partial charge in [0.25, 0.3) is 0 Å². The third-order valence-corrected chi connectivity index (χ3v) is 3.99. The summed E-state index contributed by atoms with van der Waals surface area (Å²) in [6.45, 7) is 6.50. The van der Waals surface area contributed by atoms with Crippen LogP contribution >= 0.6 is 0 Å². The standard InChI is InChI=1S/C14H19NO/c1-13(2,3)11-7-5-9-4-6-10-8-14(10,16)12(9)15-11/h5,7,10,16H,4,6,8H2,1-3H3. The molecular weight excluding hydrogens is 198 g/mol. The van der Waals surface area contributed by atoms with Crippen molar-refractivity contribution in [3.63, 3.8) is 0 Å². The van der Waals surface area contributed by atoms with Crippen LogP contribution in [0.25, 0.3) is 0 Å². The van der Waals surface area contributed by atoms with Gasteiger partial charge >= 0.3 is 0 Å². The van der Waals surface area contributed by atoms with Crippen molar-refractivity contribution in [2.45, 2.75) is 51.0 Å². The lowest BCUT2D eigenvalue weighted by atomic mass is 9.88. The van der Waals surface area contributed by atoms with Crippen LogP contribution in [0.1, 0.15) is 50.6 Å². The zero-order chi connectivity index (χ0) is 11.6. The van der Waals surface area contributed by atoms with Crippen molar-refractivity contribution in [2.75, 3.05) is 0 Å². The van der Waals surface area contributed by atoms with E-state index >= 15 is 0 Å². The molecule has 86 valence electrons. The summed E-state index contributed by atoms with van der Waals surface area (Å²) in [5.41, 5.74) is 2.80. The number of aliphatic hydroxyl groups is 1. The molecule has 1 aromatic rings. The van der Waals surface area contributed by atoms with Crippen LogP contribution in [0, 0.1) is 5.92 Å². The van der Waals surface area contributed by atoms with E-state index in [-0.39, 0.29) is 5.41 Å². The summed E-state index contributed by atoms with van der Waals surface area (Å²) < 4.78 is 0. The topological polar surface area (TPSA) is 33.1 Å². The highest BCUT2D eigenvalue weighted by Crippen LogP contribution is 2.57. The van der Waals surface area contributed by atoms with E-state index < -0.39 is 5.60 Å². The predicted octanol–water partition coefficient (Wildman–Crippen LogP) is 2.53. The Balaban J connectivity index is 2.10. The molecule has 0 bridgehead atoms. The van der Waals surface area contributed by atoms with E-state index in [0.717, 1.165) is 30.7 Å². The summed E-state index contributed by atoms with van der Waals surface area (Å²) in [5, 5.41) is 10.4. The Morgan fingerprint density at radius 3 is 2.81 bits per heavy atom. The van der Waals surface area contributed by atoms with Crippen molar-refractivity contribution >= 4 is 0 Å². The van der Waals surface area contributed by atoms with Crippen LogP contribution in [0.4, 0.5) is 0 Å². The Bertz CT molecular complexity index is 447. The molecule has 2 unspecified atom stereocenters. The molecule has 2 heteroatoms. The summed E-state index contributed by atoms with van der Waals surface area (Å²) in [6, 6.07) is 4.28. The molecule has 1 heterocycles. The minimum Gasteiger partial charge on any atom is -0.383 e. The summed E-state index contributed by atoms with van der Waals surface area (Å²) in [7, 11) is 0. The van der Waals surface area contributed by atoms with E-state index in [9.17, 15) is 5.11 Å². The van der Waals surface area contributed by atoms with Gasteiger partial charge in [-0.1, -0.05) is 26.8 Å². The lowest BCUT2D eigenvalue weighted by Crippen LogP contribution is -2.23. The van der Waals surface area contributed by atoms with Crippen LogP contribution in [0.3, 0.4) is 0 Å². The van der Waals surface area contributed by atoms with Crippen molar-refractivity contribution in [2.24, 2.45) is 5.92 Å². The second-order valence-electron chi connectivity index (χ2n) is 6.32. The maximum Gasteiger partial charge on any atom is 0.110 e. The Morgan fingerprint density at radius 2 is 2.12 bits per heavy atom. The van der Waals surface area contributed by atoms with Gasteiger partial charge in [-0.3, -0.25) is 4.98 Å². The molecule has 16 heavy (non-hydrogen) atoms. The molecule has 1 fully saturated rings. The quantitative estimate of drug-likeness (QED) is 0.724. The van der Waals surface area contributed by atoms with Crippen LogP contribution < -0.4 is 0 Å². The van der Waals surface area contributed by atoms with E-state index in [1.54, 1.807) is 0 Å². The summed E-state index contributed by atoms with van der Waals surface area (Å²) >= 11 is 0. The molecule has 2 atom stereocenters. The van der Waals surface area contributed by atoms with Crippen molar-refractivity contribution in [3.05, 3.63) is 29.1 Å². The van der Waals surface area contributed by atoms with Crippen LogP contribution in [-0.4, -0.2) is 10.1 Å². The van der Waals surface area contributed by atoms with Gasteiger partial charge < -0.3 is 5.11 Å². The second kappa shape index (κ2) is 2.86. The minimum absolute atomic E-state index is 0.0627. The number of pyridine rings is 1. The molecule has 0 spiro atoms. The molecule has 0 saturated heterocycles. The molecular formula is C14H19NO. The van der Waals surface area contributed by atoms with Crippen molar-refractivity contribution in [1.29, 1.82) is 0 Å². The number of nitrogens with zero attached hydrogens (tertiary/aromatic N) is 1. The normalized spacial score (nSPS) is 31.9. The predicted molar refractivity (Wildman–Crippen MR) is 63.3 cm³/mol. The maximum atomic E-state index is 10.4. The van der Waals surface area contributed by atoms with E-state index in [1.165, 1.54) is 5.56 Å². The number of hydrogen-bond donors (Lipinski definition) is 1. The van der Waals surface area contributed by atoms with Gasteiger partial charge in [-0.2, -0.15) is 0 Å². The summed E-state index contributed by atoms with van der Waals surface area (Å²) in [6.07, 6.45) is 3.13. The first-order valence-corrected chi connectivity index (χ1v) is 6.14. The molecule has 1 saturated carbocycles. The van der Waals surface area contributed by atoms with Crippen LogP contribution in [-0.2, 0) is 17.4 Å². The molecule has 0 radical (unpaired) electrons. The molecule has 2 nitrogen and oxygen atoms in total. The van der Waals surface area contributed by atoms with Crippen molar-refractivity contribution in [1.82, 2.24) is 4.98 Å². The zero-order valence-corrected chi connectivity index (χ0v) is 10.2. The van der Waals surface area contributed by atoms with Gasteiger partial charge in [0.05, 0.1) is 5.69 Å². The van der Waals surface area contributed by atoms with Gasteiger partial charge in [0, 0.05) is 11.1 Å². The molecule has 0 aromatic carbocycles. The van der Waals surface area contributed by atoms with Gasteiger partial charge in [0.1, 0.15) is 5.60 Å². The van der Waals surface area contributed by atoms with Gasteiger partial charge in [-0.25, -0.2) is 0 Å². The van der Waals surface area contributed by atoms with Crippen LogP contribution in [0.2, 0.25) is 0 Å². The van der Waals surface area contributed by atoms with Gasteiger partial charge in [-0.15, -0.1) is 0 Å². The van der Waals surface area contributed by atoms with Gasteiger partial charge in [-0.05, 0) is 36.8 Å². The lowest BCUT2D eigenvalue weighted by molar-refractivity contribution is 0.117. The SMILES string of the molecule is CC(C)(C)c1ccc2c(n1)C1(O)CC1CC2. The smallest absolute Gasteiger partial charge is 0.110 e. The zero-order valence-electron chi connectivity index (χ0n) is 10.2. The minimum atomic E-state index is -0.575. The molecule has 2 aliphatic carbocycles. The van der Waals surface area contributed by atoms with Crippen LogP contribution in [0.5, 0.6) is 0 Å². The second-order valence-corrected chi connectivity index (χ2v) is 6.32. The molecule has 1 N–H and O–H groups in total. The third-order valence-electron chi connectivity index (χ3n) is 3.99. The highest BCUT2D eigenvalue weighted by atomic mass is 16.3. The Hall–Kier alpha value is -0.890. The Labute approximate surface area is 96.7 Å². The Morgan fingerprint density at radius 1 is 1.38 bits per heavy atom. The van der Waals surface area contributed by atoms with E-state index in [2.05, 4.69) is 32.9 Å². The number of aromatic nitrogens is 1. The molecule has 0 aliphatic heterocycles. The van der Waals surface area contributed by atoms with Gasteiger partial charge in [0.15, 0.2) is 0 Å². The first-order chi connectivity index (χ1) is 7.41. The fourth-order valence-electron chi connectivity index (χ4n) is 2.76. The number of aryl methyl sites for hydroxylation is 1. The van der Waals surface area contributed by atoms with E-state index in [1.807, 2.05) is 0 Å². The molecule has 2 aliphatic rings. The Kier molecular flexibility index (Phi) is 1.84. The fourth-order valence-corrected chi connectivity index (χ4v) is 2.76. The highest BCUT2D eigenvalue weighted by Gasteiger charge is 2.57. The van der Waals surface area contributed by atoms with Crippen molar-refractivity contribution in [3.8, 4) is 0 Å². The molecule has 1 aromatic heterocycles. The number of fused-ring (bicyclic) bond motifs is 3. The van der Waals surface area contributed by atoms with E-state index in [4.69, 9.17) is 4.98 Å². The summed E-state index contributed by atoms with van der Waals surface area (Å²) in [4.78, 5) is 4.73. The lowest BCUT2D eigenvalue weighted by Gasteiger charge is -2.24. The van der Waals surface area contributed by atoms with E-state index in [0.29, 0.717) is 5.92 Å². The first-order valence-electron chi connectivity index (χ1n) is 6.14. The number of hydrogen-bond acceptors (Lipinski definition) is 2. The summed E-state index contributed by atoms with van der Waals surface area (Å²) in [5.74, 6) is 0.475. The first kappa shape index (κ1) is 10.3. The monoisotopic (exact) mass is 217 g/mol. The molecule has 0 amide bonds. The maximum absolute atomic E-state index is 10.4. The average Bonchev–Trinajstić information content (AvgIpc) is 2.88. The highest BCUT2D eigenvalue weighted by molar-refractivity contribution is 5.37. The largest absolute Gasteiger partial charge is 0.383 e. The third kappa shape index (κ3) is 1.32. The van der Waals surface area contributed by atoms with Crippen LogP contribution in [0.15, 0.2) is 12.1 Å².